The maximum absolute atomic E-state index is 12.3. The Labute approximate surface area is 118 Å². The zero-order valence-corrected chi connectivity index (χ0v) is 11.7. The van der Waals surface area contributed by atoms with Crippen LogP contribution in [0.4, 0.5) is 0 Å². The zero-order valence-electron chi connectivity index (χ0n) is 11.7. The van der Waals surface area contributed by atoms with Crippen molar-refractivity contribution in [1.29, 1.82) is 0 Å². The van der Waals surface area contributed by atoms with Gasteiger partial charge in [-0.1, -0.05) is 0 Å². The molecule has 2 heterocycles. The van der Waals surface area contributed by atoms with Gasteiger partial charge in [0.1, 0.15) is 18.2 Å². The van der Waals surface area contributed by atoms with Crippen LogP contribution in [0.2, 0.25) is 0 Å². The molecule has 1 aliphatic carbocycles. The van der Waals surface area contributed by atoms with Crippen molar-refractivity contribution in [2.75, 3.05) is 6.73 Å². The lowest BCUT2D eigenvalue weighted by Crippen LogP contribution is -2.33. The number of ether oxygens (including phenoxy) is 2. The molecule has 1 fully saturated rings. The van der Waals surface area contributed by atoms with Gasteiger partial charge in [-0.3, -0.25) is 9.69 Å². The number of hydrogen-bond acceptors (Lipinski definition) is 4. The third-order valence-corrected chi connectivity index (χ3v) is 4.14. The summed E-state index contributed by atoms with van der Waals surface area (Å²) in [5.41, 5.74) is 2.60. The lowest BCUT2D eigenvalue weighted by molar-refractivity contribution is 0.0868. The number of rotatable bonds is 1. The molecule has 1 aromatic rings. The van der Waals surface area contributed by atoms with E-state index in [1.54, 1.807) is 0 Å². The Bertz CT molecular complexity index is 639. The summed E-state index contributed by atoms with van der Waals surface area (Å²) in [4.78, 5) is 14.6. The predicted molar refractivity (Wildman–Crippen MR) is 73.8 cm³/mol. The van der Waals surface area contributed by atoms with Crippen molar-refractivity contribution in [3.05, 3.63) is 34.6 Å². The summed E-state index contributed by atoms with van der Waals surface area (Å²) in [6.07, 6.45) is 2.49. The van der Waals surface area contributed by atoms with Gasteiger partial charge in [0.05, 0.1) is 11.1 Å². The summed E-state index contributed by atoms with van der Waals surface area (Å²) in [5.74, 6) is 2.01. The van der Waals surface area contributed by atoms with Crippen molar-refractivity contribution in [3.8, 4) is 11.5 Å². The van der Waals surface area contributed by atoms with Gasteiger partial charge in [-0.05, 0) is 44.4 Å². The fraction of sp³-hybridized carbons (Fsp3) is 0.438. The molecule has 1 aromatic carbocycles. The van der Waals surface area contributed by atoms with Crippen molar-refractivity contribution in [1.82, 2.24) is 4.90 Å². The SMILES string of the molecule is CC(C)=C1Oc2c(ccc3c2CN(C2CC2)CO3)C1=O. The fourth-order valence-corrected chi connectivity index (χ4v) is 2.87. The van der Waals surface area contributed by atoms with Gasteiger partial charge >= 0.3 is 0 Å². The Morgan fingerprint density at radius 3 is 2.80 bits per heavy atom. The van der Waals surface area contributed by atoms with E-state index >= 15 is 0 Å². The molecule has 1 saturated carbocycles. The highest BCUT2D eigenvalue weighted by Crippen LogP contribution is 2.43. The Morgan fingerprint density at radius 2 is 2.10 bits per heavy atom. The topological polar surface area (TPSA) is 38.8 Å². The molecular formula is C16H17NO3. The summed E-state index contributed by atoms with van der Waals surface area (Å²) >= 11 is 0. The van der Waals surface area contributed by atoms with E-state index < -0.39 is 0 Å². The Morgan fingerprint density at radius 1 is 1.30 bits per heavy atom. The molecule has 4 heteroatoms. The summed E-state index contributed by atoms with van der Waals surface area (Å²) in [6, 6.07) is 4.35. The highest BCUT2D eigenvalue weighted by atomic mass is 16.5. The maximum Gasteiger partial charge on any atom is 0.231 e. The number of carbonyl (C=O) groups excluding carboxylic acids is 1. The van der Waals surface area contributed by atoms with E-state index in [4.69, 9.17) is 9.47 Å². The molecule has 0 saturated heterocycles. The molecule has 4 rings (SSSR count). The minimum absolute atomic E-state index is 0.00801. The van der Waals surface area contributed by atoms with Crippen molar-refractivity contribution < 1.29 is 14.3 Å². The highest BCUT2D eigenvalue weighted by Gasteiger charge is 2.37. The van der Waals surface area contributed by atoms with Gasteiger partial charge in [-0.2, -0.15) is 0 Å². The van der Waals surface area contributed by atoms with Crippen molar-refractivity contribution in [2.45, 2.75) is 39.3 Å². The van der Waals surface area contributed by atoms with Gasteiger partial charge in [0.15, 0.2) is 5.76 Å². The Balaban J connectivity index is 1.78. The van der Waals surface area contributed by atoms with Crippen LogP contribution in [0.25, 0.3) is 0 Å². The van der Waals surface area contributed by atoms with Crippen LogP contribution in [0, 0.1) is 0 Å². The normalized spacial score (nSPS) is 21.1. The standard InChI is InChI=1S/C16H17NO3/c1-9(2)15-14(18)11-5-6-13-12(16(11)20-15)7-17(8-19-13)10-3-4-10/h5-6,10H,3-4,7-8H2,1-2H3. The second-order valence-corrected chi connectivity index (χ2v) is 5.93. The first kappa shape index (κ1) is 12.0. The molecular weight excluding hydrogens is 254 g/mol. The van der Waals surface area contributed by atoms with E-state index in [2.05, 4.69) is 4.90 Å². The first-order valence-corrected chi connectivity index (χ1v) is 7.08. The average Bonchev–Trinajstić information content (AvgIpc) is 3.22. The zero-order chi connectivity index (χ0) is 13.9. The van der Waals surface area contributed by atoms with E-state index in [0.717, 1.165) is 23.4 Å². The predicted octanol–water partition coefficient (Wildman–Crippen LogP) is 2.87. The molecule has 4 nitrogen and oxygen atoms in total. The third-order valence-electron chi connectivity index (χ3n) is 4.14. The van der Waals surface area contributed by atoms with Crippen molar-refractivity contribution in [3.63, 3.8) is 0 Å². The quantitative estimate of drug-likeness (QED) is 0.736. The number of Topliss-reactive ketones (excluding diaryl/α,β-unsaturated/α-hetero) is 1. The number of hydrogen-bond donors (Lipinski definition) is 0. The van der Waals surface area contributed by atoms with Crippen LogP contribution in [0.3, 0.4) is 0 Å². The van der Waals surface area contributed by atoms with Gasteiger partial charge in [0, 0.05) is 12.6 Å². The van der Waals surface area contributed by atoms with Gasteiger partial charge in [-0.15, -0.1) is 0 Å². The van der Waals surface area contributed by atoms with Crippen LogP contribution in [-0.4, -0.2) is 23.5 Å². The molecule has 104 valence electrons. The van der Waals surface area contributed by atoms with Crippen LogP contribution in [0.5, 0.6) is 11.5 Å². The molecule has 0 amide bonds. The monoisotopic (exact) mass is 271 g/mol. The number of fused-ring (bicyclic) bond motifs is 3. The summed E-state index contributed by atoms with van der Waals surface area (Å²) in [7, 11) is 0. The van der Waals surface area contributed by atoms with E-state index in [-0.39, 0.29) is 5.78 Å². The average molecular weight is 271 g/mol. The van der Waals surface area contributed by atoms with Gasteiger partial charge < -0.3 is 9.47 Å². The lowest BCUT2D eigenvalue weighted by atomic mass is 10.0. The smallest absolute Gasteiger partial charge is 0.231 e. The van der Waals surface area contributed by atoms with Crippen molar-refractivity contribution in [2.24, 2.45) is 0 Å². The van der Waals surface area contributed by atoms with Crippen molar-refractivity contribution >= 4 is 5.78 Å². The fourth-order valence-electron chi connectivity index (χ4n) is 2.87. The van der Waals surface area contributed by atoms with Crippen LogP contribution in [0.15, 0.2) is 23.5 Å². The molecule has 0 N–H and O–H groups in total. The Kier molecular flexibility index (Phi) is 2.45. The molecule has 20 heavy (non-hydrogen) atoms. The van der Waals surface area contributed by atoms with Crippen LogP contribution >= 0.6 is 0 Å². The summed E-state index contributed by atoms with van der Waals surface area (Å²) in [6.45, 7) is 5.25. The highest BCUT2D eigenvalue weighted by molar-refractivity contribution is 6.13. The summed E-state index contributed by atoms with van der Waals surface area (Å²) in [5, 5.41) is 0. The second-order valence-electron chi connectivity index (χ2n) is 5.93. The van der Waals surface area contributed by atoms with E-state index in [1.807, 2.05) is 26.0 Å². The number of carbonyl (C=O) groups is 1. The molecule has 0 atom stereocenters. The van der Waals surface area contributed by atoms with Crippen LogP contribution < -0.4 is 9.47 Å². The van der Waals surface area contributed by atoms with Gasteiger partial charge in [0.2, 0.25) is 5.78 Å². The summed E-state index contributed by atoms with van der Waals surface area (Å²) < 4.78 is 11.7. The van der Waals surface area contributed by atoms with E-state index in [1.165, 1.54) is 12.8 Å². The number of benzene rings is 1. The lowest BCUT2D eigenvalue weighted by Gasteiger charge is -2.29. The van der Waals surface area contributed by atoms with E-state index in [0.29, 0.717) is 29.8 Å². The van der Waals surface area contributed by atoms with E-state index in [9.17, 15) is 4.79 Å². The molecule has 0 unspecified atom stereocenters. The van der Waals surface area contributed by atoms with Crippen LogP contribution in [0.1, 0.15) is 42.6 Å². The molecule has 0 spiro atoms. The minimum Gasteiger partial charge on any atom is -0.478 e. The Hall–Kier alpha value is -1.81. The maximum atomic E-state index is 12.3. The number of nitrogens with zero attached hydrogens (tertiary/aromatic N) is 1. The second kappa shape index (κ2) is 4.09. The first-order chi connectivity index (χ1) is 9.65. The molecule has 0 radical (unpaired) electrons. The van der Waals surface area contributed by atoms with Gasteiger partial charge in [-0.25, -0.2) is 0 Å². The van der Waals surface area contributed by atoms with Crippen LogP contribution in [-0.2, 0) is 6.54 Å². The van der Waals surface area contributed by atoms with Gasteiger partial charge in [0.25, 0.3) is 0 Å². The number of allylic oxidation sites excluding steroid dienone is 2. The third kappa shape index (κ3) is 1.68. The molecule has 2 aliphatic heterocycles. The first-order valence-electron chi connectivity index (χ1n) is 7.08. The largest absolute Gasteiger partial charge is 0.478 e. The minimum atomic E-state index is -0.00801. The number of ketones is 1. The molecule has 3 aliphatic rings. The molecule has 0 aromatic heterocycles. The molecule has 0 bridgehead atoms.